The van der Waals surface area contributed by atoms with Crippen LogP contribution in [0.5, 0.6) is 0 Å². The van der Waals surface area contributed by atoms with Crippen molar-refractivity contribution in [3.63, 3.8) is 0 Å². The van der Waals surface area contributed by atoms with Gasteiger partial charge in [0.05, 0.1) is 10.6 Å². The highest BCUT2D eigenvalue weighted by Gasteiger charge is 2.40. The molecule has 3 atom stereocenters. The van der Waals surface area contributed by atoms with Gasteiger partial charge in [-0.3, -0.25) is 0 Å². The van der Waals surface area contributed by atoms with Gasteiger partial charge in [-0.2, -0.15) is 0 Å². The fraction of sp³-hybridized carbons (Fsp3) is 0.600. The molecule has 0 radical (unpaired) electrons. The summed E-state index contributed by atoms with van der Waals surface area (Å²) in [6.45, 7) is 5.29. The van der Waals surface area contributed by atoms with Crippen molar-refractivity contribution >= 4 is 33.2 Å². The first-order chi connectivity index (χ1) is 8.98. The first-order valence-corrected chi connectivity index (χ1v) is 8.09. The highest BCUT2D eigenvalue weighted by molar-refractivity contribution is 9.10. The van der Waals surface area contributed by atoms with Crippen LogP contribution in [0.3, 0.4) is 0 Å². The lowest BCUT2D eigenvalue weighted by Gasteiger charge is -2.46. The van der Waals surface area contributed by atoms with Crippen LogP contribution < -0.4 is 11.1 Å². The van der Waals surface area contributed by atoms with Crippen LogP contribution in [-0.2, 0) is 0 Å². The van der Waals surface area contributed by atoms with Crippen molar-refractivity contribution in [2.75, 3.05) is 11.9 Å². The van der Waals surface area contributed by atoms with E-state index in [1.807, 2.05) is 12.1 Å². The largest absolute Gasteiger partial charge is 0.378 e. The molecule has 0 saturated heterocycles. The molecule has 0 bridgehead atoms. The molecule has 1 aromatic rings. The molecule has 1 fully saturated rings. The molecule has 0 aliphatic heterocycles. The Bertz CT molecular complexity index is 452. The van der Waals surface area contributed by atoms with Gasteiger partial charge in [-0.05, 0) is 52.4 Å². The van der Waals surface area contributed by atoms with E-state index in [1.165, 1.54) is 12.8 Å². The minimum atomic E-state index is -0.00513. The fourth-order valence-electron chi connectivity index (χ4n) is 3.14. The summed E-state index contributed by atoms with van der Waals surface area (Å²) in [7, 11) is 0. The number of nitrogens with one attached hydrogen (secondary N) is 1. The molecule has 2 rings (SSSR count). The van der Waals surface area contributed by atoms with E-state index >= 15 is 0 Å². The smallest absolute Gasteiger partial charge is 0.0568 e. The predicted molar refractivity (Wildman–Crippen MR) is 86.7 cm³/mol. The maximum absolute atomic E-state index is 6.17. The topological polar surface area (TPSA) is 38.0 Å². The van der Waals surface area contributed by atoms with Crippen LogP contribution in [0.2, 0.25) is 5.02 Å². The summed E-state index contributed by atoms with van der Waals surface area (Å²) in [6, 6.07) is 6.00. The Morgan fingerprint density at radius 1 is 1.47 bits per heavy atom. The Morgan fingerprint density at radius 2 is 2.21 bits per heavy atom. The Morgan fingerprint density at radius 3 is 2.84 bits per heavy atom. The zero-order chi connectivity index (χ0) is 14.0. The molecule has 0 spiro atoms. The van der Waals surface area contributed by atoms with Gasteiger partial charge >= 0.3 is 0 Å². The monoisotopic (exact) mass is 344 g/mol. The number of rotatable bonds is 3. The van der Waals surface area contributed by atoms with Gasteiger partial charge in [0.2, 0.25) is 0 Å². The van der Waals surface area contributed by atoms with Crippen molar-refractivity contribution in [3.05, 3.63) is 27.7 Å². The van der Waals surface area contributed by atoms with Crippen LogP contribution in [0.1, 0.15) is 33.1 Å². The second-order valence-electron chi connectivity index (χ2n) is 5.77. The number of hydrogen-bond acceptors (Lipinski definition) is 2. The average molecular weight is 346 g/mol. The van der Waals surface area contributed by atoms with E-state index in [0.717, 1.165) is 21.6 Å². The minimum absolute atomic E-state index is 0.00513. The molecule has 2 nitrogen and oxygen atoms in total. The lowest BCUT2D eigenvalue weighted by Crippen LogP contribution is -2.54. The Balaban J connectivity index is 2.24. The fourth-order valence-corrected chi connectivity index (χ4v) is 3.57. The summed E-state index contributed by atoms with van der Waals surface area (Å²) in [5, 5.41) is 4.39. The minimum Gasteiger partial charge on any atom is -0.378 e. The second-order valence-corrected chi connectivity index (χ2v) is 7.03. The van der Waals surface area contributed by atoms with Crippen LogP contribution in [-0.4, -0.2) is 12.1 Å². The molecule has 1 aliphatic carbocycles. The van der Waals surface area contributed by atoms with Gasteiger partial charge in [0, 0.05) is 16.7 Å². The molecule has 19 heavy (non-hydrogen) atoms. The maximum atomic E-state index is 6.17. The molecule has 0 heterocycles. The molecule has 1 aromatic carbocycles. The molecule has 1 aliphatic rings. The molecule has 1 saturated carbocycles. The van der Waals surface area contributed by atoms with Crippen molar-refractivity contribution in [1.29, 1.82) is 0 Å². The van der Waals surface area contributed by atoms with Gasteiger partial charge < -0.3 is 11.1 Å². The Hall–Kier alpha value is -0.250. The van der Waals surface area contributed by atoms with E-state index < -0.39 is 0 Å². The van der Waals surface area contributed by atoms with E-state index in [-0.39, 0.29) is 5.54 Å². The summed E-state index contributed by atoms with van der Waals surface area (Å²) in [4.78, 5) is 0. The van der Waals surface area contributed by atoms with Crippen LogP contribution in [0.4, 0.5) is 5.69 Å². The Labute approximate surface area is 129 Å². The lowest BCUT2D eigenvalue weighted by molar-refractivity contribution is 0.168. The number of nitrogens with two attached hydrogens (primary N) is 1. The summed E-state index contributed by atoms with van der Waals surface area (Å²) < 4.78 is 0.923. The molecular weight excluding hydrogens is 324 g/mol. The summed E-state index contributed by atoms with van der Waals surface area (Å²) in [6.07, 6.45) is 3.66. The third kappa shape index (κ3) is 3.09. The van der Waals surface area contributed by atoms with Crippen LogP contribution in [0.15, 0.2) is 22.7 Å². The zero-order valence-electron chi connectivity index (χ0n) is 11.5. The van der Waals surface area contributed by atoms with E-state index in [9.17, 15) is 0 Å². The standard InChI is InChI=1S/C15H22BrClN2/c1-10-4-3-7-15(9-18,11(10)2)19-12-5-6-13(16)14(17)8-12/h5-6,8,10-11,19H,3-4,7,9,18H2,1-2H3. The molecule has 4 heteroatoms. The van der Waals surface area contributed by atoms with Crippen molar-refractivity contribution in [2.24, 2.45) is 17.6 Å². The van der Waals surface area contributed by atoms with Crippen LogP contribution >= 0.6 is 27.5 Å². The number of benzene rings is 1. The molecule has 0 aromatic heterocycles. The van der Waals surface area contributed by atoms with Crippen LogP contribution in [0.25, 0.3) is 0 Å². The van der Waals surface area contributed by atoms with Gasteiger partial charge in [-0.15, -0.1) is 0 Å². The van der Waals surface area contributed by atoms with Gasteiger partial charge in [-0.25, -0.2) is 0 Å². The van der Waals surface area contributed by atoms with Gasteiger partial charge in [0.1, 0.15) is 0 Å². The second kappa shape index (κ2) is 6.02. The SMILES string of the molecule is CC1CCCC(CN)(Nc2ccc(Br)c(Cl)c2)C1C. The average Bonchev–Trinajstić information content (AvgIpc) is 2.39. The van der Waals surface area contributed by atoms with Crippen molar-refractivity contribution in [1.82, 2.24) is 0 Å². The lowest BCUT2D eigenvalue weighted by atomic mass is 9.68. The van der Waals surface area contributed by atoms with Crippen LogP contribution in [0, 0.1) is 11.8 Å². The summed E-state index contributed by atoms with van der Waals surface area (Å²) in [5.74, 6) is 1.27. The van der Waals surface area contributed by atoms with Gasteiger partial charge in [0.25, 0.3) is 0 Å². The highest BCUT2D eigenvalue weighted by Crippen LogP contribution is 2.40. The zero-order valence-corrected chi connectivity index (χ0v) is 13.9. The van der Waals surface area contributed by atoms with E-state index in [0.29, 0.717) is 18.4 Å². The first kappa shape index (κ1) is 15.1. The number of halogens is 2. The normalized spacial score (nSPS) is 31.2. The quantitative estimate of drug-likeness (QED) is 0.835. The van der Waals surface area contributed by atoms with Gasteiger partial charge in [0.15, 0.2) is 0 Å². The number of anilines is 1. The maximum Gasteiger partial charge on any atom is 0.0568 e. The molecule has 106 valence electrons. The summed E-state index contributed by atoms with van der Waals surface area (Å²) >= 11 is 9.59. The molecule has 3 N–H and O–H groups in total. The van der Waals surface area contributed by atoms with E-state index in [2.05, 4.69) is 41.2 Å². The van der Waals surface area contributed by atoms with E-state index in [1.54, 1.807) is 0 Å². The van der Waals surface area contributed by atoms with Crippen molar-refractivity contribution in [3.8, 4) is 0 Å². The van der Waals surface area contributed by atoms with Gasteiger partial charge in [-0.1, -0.05) is 38.3 Å². The third-order valence-electron chi connectivity index (χ3n) is 4.68. The van der Waals surface area contributed by atoms with E-state index in [4.69, 9.17) is 17.3 Å². The highest BCUT2D eigenvalue weighted by atomic mass is 79.9. The molecule has 0 amide bonds. The van der Waals surface area contributed by atoms with Crippen molar-refractivity contribution in [2.45, 2.75) is 38.6 Å². The molecule has 3 unspecified atom stereocenters. The Kier molecular flexibility index (Phi) is 4.80. The third-order valence-corrected chi connectivity index (χ3v) is 5.92. The number of hydrogen-bond donors (Lipinski definition) is 2. The van der Waals surface area contributed by atoms with Crippen molar-refractivity contribution < 1.29 is 0 Å². The predicted octanol–water partition coefficient (Wildman–Crippen LogP) is 4.67. The summed E-state index contributed by atoms with van der Waals surface area (Å²) in [5.41, 5.74) is 7.15. The molecular formula is C15H22BrClN2. The first-order valence-electron chi connectivity index (χ1n) is 6.92.